The van der Waals surface area contributed by atoms with Crippen molar-refractivity contribution >= 4 is 29.1 Å². The van der Waals surface area contributed by atoms with Gasteiger partial charge in [0.2, 0.25) is 0 Å². The molecule has 7 nitrogen and oxygen atoms in total. The van der Waals surface area contributed by atoms with Crippen LogP contribution in [0.15, 0.2) is 0 Å². The smallest absolute Gasteiger partial charge is 0.317 e. The van der Waals surface area contributed by atoms with Crippen molar-refractivity contribution in [3.8, 4) is 0 Å². The lowest BCUT2D eigenvalue weighted by Gasteiger charge is -1.82. The van der Waals surface area contributed by atoms with Crippen LogP contribution >= 0.6 is 0 Å². The predicted octanol–water partition coefficient (Wildman–Crippen LogP) is -1.17. The number of nitrogens with two attached hydrogens (primary N) is 1. The zero-order valence-corrected chi connectivity index (χ0v) is 6.22. The van der Waals surface area contributed by atoms with Gasteiger partial charge in [0.1, 0.15) is 0 Å². The molecule has 0 rings (SSSR count). The Morgan fingerprint density at radius 2 is 1.60 bits per heavy atom. The van der Waals surface area contributed by atoms with E-state index in [1.165, 1.54) is 0 Å². The van der Waals surface area contributed by atoms with Gasteiger partial charge in [-0.1, -0.05) is 0 Å². The summed E-state index contributed by atoms with van der Waals surface area (Å²) in [4.78, 5) is 0. The lowest BCUT2D eigenvalue weighted by Crippen LogP contribution is -1.96. The topological polar surface area (TPSA) is 134 Å². The molecule has 10 heavy (non-hydrogen) atoms. The van der Waals surface area contributed by atoms with Crippen molar-refractivity contribution in [3.63, 3.8) is 0 Å². The molecule has 0 radical (unpaired) electrons. The molecule has 0 aromatic rings. The monoisotopic (exact) mass is 190 g/mol. The van der Waals surface area contributed by atoms with E-state index < -0.39 is 22.7 Å². The summed E-state index contributed by atoms with van der Waals surface area (Å²) < 4.78 is 37.2. The van der Waals surface area contributed by atoms with Gasteiger partial charge in [0.25, 0.3) is 0 Å². The van der Waals surface area contributed by atoms with Crippen LogP contribution in [0.25, 0.3) is 0 Å². The molecule has 0 spiro atoms. The first-order valence-corrected chi connectivity index (χ1v) is 3.72. The average molecular weight is 190 g/mol. The van der Waals surface area contributed by atoms with Gasteiger partial charge in [0.05, 0.1) is 6.34 Å². The lowest BCUT2D eigenvalue weighted by atomic mass is 11.4. The molecule has 0 aliphatic rings. The molecule has 0 unspecified atom stereocenters. The van der Waals surface area contributed by atoms with E-state index in [1.807, 2.05) is 0 Å². The summed E-state index contributed by atoms with van der Waals surface area (Å²) in [6, 6.07) is 0. The fourth-order valence-corrected chi connectivity index (χ4v) is 0.448. The molecule has 0 amide bonds. The highest BCUT2D eigenvalue weighted by Gasteiger charge is 1.95. The zero-order valence-electron chi connectivity index (χ0n) is 4.59. The molecule has 0 aromatic carbocycles. The van der Waals surface area contributed by atoms with Crippen LogP contribution in [0.2, 0.25) is 0 Å². The fraction of sp³-hybridized carbons (Fsp3) is 0. The Labute approximate surface area is 62.1 Å². The first-order chi connectivity index (χ1) is 4.54. The van der Waals surface area contributed by atoms with Crippen LogP contribution in [0.4, 0.5) is 0 Å². The second-order valence-electron chi connectivity index (χ2n) is 0.669. The van der Waals surface area contributed by atoms with E-state index in [2.05, 4.69) is 9.36 Å². The molecule has 62 valence electrons. The van der Waals surface area contributed by atoms with Gasteiger partial charge in [-0.25, -0.2) is 0 Å². The maximum atomic E-state index is 9.35. The summed E-state index contributed by atoms with van der Waals surface area (Å²) in [5, 5.41) is 5.86. The van der Waals surface area contributed by atoms with Crippen molar-refractivity contribution in [2.75, 3.05) is 0 Å². The van der Waals surface area contributed by atoms with Crippen LogP contribution in [-0.4, -0.2) is 23.9 Å². The Morgan fingerprint density at radius 1 is 1.40 bits per heavy atom. The standard InChI is InChI=1S/CH4N2.H2O5S2/c2-1-3;1-6(2)5-7(3)4/h1H,(H3,2,3);(H,1,2)(H,3,4). The second-order valence-corrected chi connectivity index (χ2v) is 2.08. The largest absolute Gasteiger partial charge is 0.390 e. The number of nitrogens with one attached hydrogen (secondary N) is 1. The Morgan fingerprint density at radius 3 is 1.60 bits per heavy atom. The SMILES string of the molecule is N=CN.O=S(O)OS(=O)O. The molecule has 0 aliphatic heterocycles. The van der Waals surface area contributed by atoms with E-state index in [1.54, 1.807) is 0 Å². The molecule has 0 atom stereocenters. The van der Waals surface area contributed by atoms with Crippen molar-refractivity contribution in [1.29, 1.82) is 5.41 Å². The lowest BCUT2D eigenvalue weighted by molar-refractivity contribution is 0.427. The molecular formula is CH6N2O5S2. The first-order valence-electron chi connectivity index (χ1n) is 1.65. The Kier molecular flexibility index (Phi) is 10.7. The van der Waals surface area contributed by atoms with E-state index in [-0.39, 0.29) is 0 Å². The number of hydrogen-bond donors (Lipinski definition) is 4. The third-order valence-electron chi connectivity index (χ3n) is 0.116. The predicted molar refractivity (Wildman–Crippen MR) is 35.6 cm³/mol. The van der Waals surface area contributed by atoms with E-state index in [0.29, 0.717) is 0 Å². The van der Waals surface area contributed by atoms with Gasteiger partial charge in [-0.3, -0.25) is 14.5 Å². The van der Waals surface area contributed by atoms with Gasteiger partial charge >= 0.3 is 22.7 Å². The van der Waals surface area contributed by atoms with E-state index in [4.69, 9.17) is 14.5 Å². The molecule has 0 saturated carbocycles. The first kappa shape index (κ1) is 12.3. The highest BCUT2D eigenvalue weighted by Crippen LogP contribution is 1.79. The maximum Gasteiger partial charge on any atom is 0.317 e. The van der Waals surface area contributed by atoms with Gasteiger partial charge in [-0.15, -0.1) is 3.63 Å². The van der Waals surface area contributed by atoms with Crippen molar-refractivity contribution in [2.45, 2.75) is 0 Å². The van der Waals surface area contributed by atoms with E-state index in [9.17, 15) is 8.42 Å². The molecule has 0 saturated heterocycles. The van der Waals surface area contributed by atoms with Gasteiger partial charge < -0.3 is 5.73 Å². The van der Waals surface area contributed by atoms with Crippen LogP contribution in [0.3, 0.4) is 0 Å². The summed E-state index contributed by atoms with van der Waals surface area (Å²) in [5.74, 6) is 0. The minimum absolute atomic E-state index is 0.750. The van der Waals surface area contributed by atoms with Crippen LogP contribution in [0.5, 0.6) is 0 Å². The van der Waals surface area contributed by atoms with Crippen LogP contribution < -0.4 is 5.73 Å². The van der Waals surface area contributed by atoms with Crippen molar-refractivity contribution < 1.29 is 21.2 Å². The minimum Gasteiger partial charge on any atom is -0.390 e. The summed E-state index contributed by atoms with van der Waals surface area (Å²) in [5.41, 5.74) is 4.39. The van der Waals surface area contributed by atoms with Crippen molar-refractivity contribution in [1.82, 2.24) is 0 Å². The highest BCUT2D eigenvalue weighted by molar-refractivity contribution is 7.87. The molecule has 9 heteroatoms. The molecule has 0 aliphatic carbocycles. The summed E-state index contributed by atoms with van der Waals surface area (Å²) >= 11 is -5.29. The Balaban J connectivity index is 0. The van der Waals surface area contributed by atoms with Crippen LogP contribution in [0.1, 0.15) is 0 Å². The Hall–Kier alpha value is -0.350. The Bertz CT molecular complexity index is 124. The van der Waals surface area contributed by atoms with Gasteiger partial charge in [-0.05, 0) is 0 Å². The second kappa shape index (κ2) is 8.65. The molecule has 0 fully saturated rings. The quantitative estimate of drug-likeness (QED) is 0.246. The van der Waals surface area contributed by atoms with Gasteiger partial charge in [0.15, 0.2) is 0 Å². The van der Waals surface area contributed by atoms with Crippen LogP contribution in [-0.2, 0) is 26.4 Å². The van der Waals surface area contributed by atoms with Crippen molar-refractivity contribution in [2.24, 2.45) is 5.73 Å². The maximum absolute atomic E-state index is 9.35. The normalized spacial score (nSPS) is 14.2. The molecule has 0 heterocycles. The average Bonchev–Trinajstić information content (AvgIpc) is 1.62. The van der Waals surface area contributed by atoms with Gasteiger partial charge in [-0.2, -0.15) is 8.42 Å². The molecule has 5 N–H and O–H groups in total. The fourth-order valence-electron chi connectivity index (χ4n) is 0.0498. The third kappa shape index (κ3) is 25.4. The number of rotatable bonds is 2. The zero-order chi connectivity index (χ0) is 8.57. The van der Waals surface area contributed by atoms with E-state index in [0.717, 1.165) is 6.34 Å². The number of hydrogen-bond acceptors (Lipinski definition) is 4. The van der Waals surface area contributed by atoms with Crippen LogP contribution in [0, 0.1) is 5.41 Å². The molecule has 0 bridgehead atoms. The summed E-state index contributed by atoms with van der Waals surface area (Å²) in [6.07, 6.45) is 0.750. The molecule has 0 aromatic heterocycles. The minimum atomic E-state index is -2.65. The summed E-state index contributed by atoms with van der Waals surface area (Å²) in [6.45, 7) is 0. The third-order valence-corrected chi connectivity index (χ3v) is 1.05. The van der Waals surface area contributed by atoms with Crippen molar-refractivity contribution in [3.05, 3.63) is 0 Å². The summed E-state index contributed by atoms with van der Waals surface area (Å²) in [7, 11) is 0. The van der Waals surface area contributed by atoms with E-state index >= 15 is 0 Å². The highest BCUT2D eigenvalue weighted by atomic mass is 32.3. The van der Waals surface area contributed by atoms with Gasteiger partial charge in [0, 0.05) is 0 Å². The molecular weight excluding hydrogens is 184 g/mol.